The van der Waals surface area contributed by atoms with Crippen molar-refractivity contribution in [2.75, 3.05) is 18.4 Å². The van der Waals surface area contributed by atoms with Gasteiger partial charge in [0.05, 0.1) is 5.56 Å². The van der Waals surface area contributed by atoms with Crippen LogP contribution in [0.5, 0.6) is 5.75 Å². The number of halogens is 3. The van der Waals surface area contributed by atoms with Crippen LogP contribution in [0.1, 0.15) is 39.0 Å². The van der Waals surface area contributed by atoms with Gasteiger partial charge in [-0.05, 0) is 56.5 Å². The molecule has 32 heavy (non-hydrogen) atoms. The molecular formula is C23H24F3N5O. The van der Waals surface area contributed by atoms with Crippen molar-refractivity contribution in [2.24, 2.45) is 0 Å². The largest absolute Gasteiger partial charge is 0.507 e. The predicted molar refractivity (Wildman–Crippen MR) is 115 cm³/mol. The SMILES string of the molecule is [2H]C1(N2CCC[C@@H](Nc3nnc(-c4ccc(C(F)(F)F)cc4O)c4ccncc34)C2)CCC1. The Kier molecular flexibility index (Phi) is 5.05. The summed E-state index contributed by atoms with van der Waals surface area (Å²) in [5.74, 6) is 0.0230. The van der Waals surface area contributed by atoms with Gasteiger partial charge in [-0.25, -0.2) is 0 Å². The Morgan fingerprint density at radius 3 is 2.66 bits per heavy atom. The normalized spacial score (nSPS) is 21.7. The molecule has 1 aliphatic carbocycles. The number of rotatable bonds is 4. The average Bonchev–Trinajstić information content (AvgIpc) is 2.77. The third-order valence-corrected chi connectivity index (χ3v) is 6.30. The highest BCUT2D eigenvalue weighted by Gasteiger charge is 2.32. The minimum absolute atomic E-state index is 0.101. The zero-order valence-electron chi connectivity index (χ0n) is 18.4. The summed E-state index contributed by atoms with van der Waals surface area (Å²) >= 11 is 0. The second-order valence-electron chi connectivity index (χ2n) is 8.40. The number of aromatic hydroxyl groups is 1. The summed E-state index contributed by atoms with van der Waals surface area (Å²) in [5, 5.41) is 23.6. The molecule has 2 aromatic heterocycles. The molecule has 1 aromatic carbocycles. The second-order valence-corrected chi connectivity index (χ2v) is 8.40. The van der Waals surface area contributed by atoms with Crippen LogP contribution in [0.15, 0.2) is 36.7 Å². The van der Waals surface area contributed by atoms with Crippen LogP contribution in [0.3, 0.4) is 0 Å². The van der Waals surface area contributed by atoms with Gasteiger partial charge in [0.1, 0.15) is 11.4 Å². The lowest BCUT2D eigenvalue weighted by molar-refractivity contribution is -0.137. The number of benzene rings is 1. The Morgan fingerprint density at radius 1 is 1.09 bits per heavy atom. The van der Waals surface area contributed by atoms with Crippen molar-refractivity contribution in [2.45, 2.75) is 50.3 Å². The molecule has 2 fully saturated rings. The highest BCUT2D eigenvalue weighted by atomic mass is 19.4. The number of fused-ring (bicyclic) bond motifs is 1. The fraction of sp³-hybridized carbons (Fsp3) is 0.435. The molecule has 0 radical (unpaired) electrons. The smallest absolute Gasteiger partial charge is 0.416 e. The Hall–Kier alpha value is -2.94. The third-order valence-electron chi connectivity index (χ3n) is 6.30. The van der Waals surface area contributed by atoms with Crippen molar-refractivity contribution in [3.05, 3.63) is 42.2 Å². The fourth-order valence-electron chi connectivity index (χ4n) is 4.44. The van der Waals surface area contributed by atoms with E-state index in [0.717, 1.165) is 51.3 Å². The molecule has 3 heterocycles. The number of hydrogen-bond donors (Lipinski definition) is 2. The maximum absolute atomic E-state index is 13.0. The summed E-state index contributed by atoms with van der Waals surface area (Å²) in [5.41, 5.74) is -0.473. The molecule has 0 unspecified atom stereocenters. The van der Waals surface area contributed by atoms with E-state index in [1.165, 1.54) is 6.07 Å². The lowest BCUT2D eigenvalue weighted by atomic mass is 9.89. The summed E-state index contributed by atoms with van der Waals surface area (Å²) in [6, 6.07) is 4.18. The first-order valence-electron chi connectivity index (χ1n) is 11.3. The van der Waals surface area contributed by atoms with Crippen molar-refractivity contribution in [3.8, 4) is 17.0 Å². The molecule has 1 saturated heterocycles. The number of alkyl halides is 3. The summed E-state index contributed by atoms with van der Waals surface area (Å²) < 4.78 is 47.6. The molecule has 1 atom stereocenters. The van der Waals surface area contributed by atoms with Gasteiger partial charge >= 0.3 is 6.18 Å². The predicted octanol–water partition coefficient (Wildman–Crippen LogP) is 4.85. The van der Waals surface area contributed by atoms with Crippen LogP contribution >= 0.6 is 0 Å². The van der Waals surface area contributed by atoms with Crippen molar-refractivity contribution in [1.82, 2.24) is 20.1 Å². The molecule has 3 aromatic rings. The van der Waals surface area contributed by atoms with Gasteiger partial charge in [-0.15, -0.1) is 10.2 Å². The van der Waals surface area contributed by atoms with Gasteiger partial charge in [-0.3, -0.25) is 9.88 Å². The highest BCUT2D eigenvalue weighted by Crippen LogP contribution is 2.38. The minimum Gasteiger partial charge on any atom is -0.507 e. The van der Waals surface area contributed by atoms with Crippen LogP contribution < -0.4 is 5.32 Å². The van der Waals surface area contributed by atoms with E-state index in [4.69, 9.17) is 1.37 Å². The summed E-state index contributed by atoms with van der Waals surface area (Å²) in [7, 11) is 0. The van der Waals surface area contributed by atoms with Crippen molar-refractivity contribution in [3.63, 3.8) is 0 Å². The maximum Gasteiger partial charge on any atom is 0.416 e. The molecule has 1 saturated carbocycles. The number of nitrogens with zero attached hydrogens (tertiary/aromatic N) is 4. The molecule has 2 N–H and O–H groups in total. The first kappa shape index (κ1) is 19.7. The number of anilines is 1. The number of aromatic nitrogens is 3. The molecule has 0 spiro atoms. The Labute approximate surface area is 184 Å². The van der Waals surface area contributed by atoms with Gasteiger partial charge in [-0.1, -0.05) is 6.42 Å². The number of phenols is 1. The lowest BCUT2D eigenvalue weighted by Crippen LogP contribution is -2.49. The standard InChI is InChI=1S/C23H24F3N5O/c24-23(25,26)14-6-7-18(20(32)11-14)21-17-8-9-27-12-19(17)22(30-29-21)28-15-3-2-10-31(13-15)16-4-1-5-16/h6-9,11-12,15-16,32H,1-5,10,13H2,(H,28,30)/t15-/m1/s1/i16D. The lowest BCUT2D eigenvalue weighted by Gasteiger charge is -2.42. The van der Waals surface area contributed by atoms with E-state index in [1.54, 1.807) is 18.5 Å². The number of pyridine rings is 1. The van der Waals surface area contributed by atoms with Gasteiger partial charge in [0, 0.05) is 48.7 Å². The van der Waals surface area contributed by atoms with E-state index < -0.39 is 23.5 Å². The molecular weight excluding hydrogens is 419 g/mol. The quantitative estimate of drug-likeness (QED) is 0.600. The molecule has 2 aliphatic rings. The van der Waals surface area contributed by atoms with E-state index in [1.807, 2.05) is 0 Å². The third kappa shape index (κ3) is 3.97. The van der Waals surface area contributed by atoms with Gasteiger partial charge in [0.25, 0.3) is 0 Å². The topological polar surface area (TPSA) is 74.2 Å². The van der Waals surface area contributed by atoms with Crippen LogP contribution in [-0.4, -0.2) is 50.3 Å². The summed E-state index contributed by atoms with van der Waals surface area (Å²) in [4.78, 5) is 6.42. The van der Waals surface area contributed by atoms with E-state index in [2.05, 4.69) is 25.4 Å². The molecule has 0 amide bonds. The summed E-state index contributed by atoms with van der Waals surface area (Å²) in [6.07, 6.45) is 3.48. The van der Waals surface area contributed by atoms with Crippen molar-refractivity contribution >= 4 is 16.6 Å². The van der Waals surface area contributed by atoms with Gasteiger partial charge in [0.15, 0.2) is 5.82 Å². The minimum atomic E-state index is -4.55. The number of hydrogen-bond acceptors (Lipinski definition) is 6. The number of phenolic OH excluding ortho intramolecular Hbond substituents is 1. The zero-order chi connectivity index (χ0) is 23.2. The maximum atomic E-state index is 13.0. The molecule has 0 bridgehead atoms. The first-order chi connectivity index (χ1) is 15.7. The molecule has 6 nitrogen and oxygen atoms in total. The molecule has 5 rings (SSSR count). The highest BCUT2D eigenvalue weighted by molar-refractivity contribution is 6.00. The van der Waals surface area contributed by atoms with Gasteiger partial charge in [0.2, 0.25) is 0 Å². The second kappa shape index (κ2) is 8.20. The monoisotopic (exact) mass is 444 g/mol. The van der Waals surface area contributed by atoms with E-state index in [-0.39, 0.29) is 17.3 Å². The van der Waals surface area contributed by atoms with E-state index in [9.17, 15) is 18.3 Å². The number of likely N-dealkylation sites (tertiary alicyclic amines) is 1. The fourth-order valence-corrected chi connectivity index (χ4v) is 4.44. The number of nitrogens with one attached hydrogen (secondary N) is 1. The van der Waals surface area contributed by atoms with E-state index >= 15 is 0 Å². The van der Waals surface area contributed by atoms with Crippen LogP contribution in [0.2, 0.25) is 0 Å². The Bertz CT molecular complexity index is 1180. The van der Waals surface area contributed by atoms with Crippen LogP contribution in [0, 0.1) is 0 Å². The van der Waals surface area contributed by atoms with Crippen molar-refractivity contribution in [1.29, 1.82) is 0 Å². The van der Waals surface area contributed by atoms with Crippen molar-refractivity contribution < 1.29 is 19.6 Å². The molecule has 168 valence electrons. The Balaban J connectivity index is 1.45. The van der Waals surface area contributed by atoms with Crippen LogP contribution in [-0.2, 0) is 6.18 Å². The van der Waals surface area contributed by atoms with Gasteiger partial charge in [-0.2, -0.15) is 13.2 Å². The Morgan fingerprint density at radius 2 is 1.94 bits per heavy atom. The number of piperidine rings is 1. The molecule has 1 aliphatic heterocycles. The van der Waals surface area contributed by atoms with E-state index in [0.29, 0.717) is 22.7 Å². The van der Waals surface area contributed by atoms with Crippen LogP contribution in [0.25, 0.3) is 22.0 Å². The zero-order valence-corrected chi connectivity index (χ0v) is 17.4. The summed E-state index contributed by atoms with van der Waals surface area (Å²) in [6.45, 7) is 1.66. The first-order valence-corrected chi connectivity index (χ1v) is 10.8. The molecule has 9 heteroatoms. The average molecular weight is 444 g/mol. The van der Waals surface area contributed by atoms with Gasteiger partial charge < -0.3 is 10.4 Å². The van der Waals surface area contributed by atoms with Crippen LogP contribution in [0.4, 0.5) is 19.0 Å².